The van der Waals surface area contributed by atoms with Crippen LogP contribution in [0.25, 0.3) is 32.2 Å². The van der Waals surface area contributed by atoms with E-state index in [1.807, 2.05) is 39.0 Å². The van der Waals surface area contributed by atoms with Gasteiger partial charge in [-0.3, -0.25) is 4.79 Å². The van der Waals surface area contributed by atoms with Crippen LogP contribution in [0, 0.1) is 0 Å². The van der Waals surface area contributed by atoms with Gasteiger partial charge in [0.15, 0.2) is 0 Å². The first-order valence-corrected chi connectivity index (χ1v) is 11.8. The molecule has 1 aliphatic rings. The number of thiophene rings is 1. The summed E-state index contributed by atoms with van der Waals surface area (Å²) >= 11 is 1.52. The predicted molar refractivity (Wildman–Crippen MR) is 133 cm³/mol. The van der Waals surface area contributed by atoms with Crippen LogP contribution < -0.4 is 10.6 Å². The van der Waals surface area contributed by atoms with Gasteiger partial charge in [0.2, 0.25) is 0 Å². The first-order valence-electron chi connectivity index (χ1n) is 11.0. The molecule has 0 unspecified atom stereocenters. The van der Waals surface area contributed by atoms with Crippen LogP contribution in [0.5, 0.6) is 0 Å². The first kappa shape index (κ1) is 20.9. The molecule has 4 aromatic rings. The number of nitrogens with zero attached hydrogens (tertiary/aromatic N) is 1. The van der Waals surface area contributed by atoms with Crippen LogP contribution in [0.15, 0.2) is 42.5 Å². The maximum absolute atomic E-state index is 12.7. The van der Waals surface area contributed by atoms with Gasteiger partial charge in [0.05, 0.1) is 22.5 Å². The van der Waals surface area contributed by atoms with E-state index in [4.69, 9.17) is 4.98 Å². The molecule has 0 radical (unpaired) electrons. The molecule has 3 N–H and O–H groups in total. The minimum absolute atomic E-state index is 0.0213. The van der Waals surface area contributed by atoms with E-state index in [2.05, 4.69) is 41.8 Å². The molecule has 32 heavy (non-hydrogen) atoms. The van der Waals surface area contributed by atoms with Gasteiger partial charge in [0.1, 0.15) is 4.88 Å². The number of amides is 1. The second-order valence-electron chi connectivity index (χ2n) is 9.09. The van der Waals surface area contributed by atoms with E-state index in [-0.39, 0.29) is 11.9 Å². The molecular formula is C26H27N3O2S. The monoisotopic (exact) mass is 445 g/mol. The summed E-state index contributed by atoms with van der Waals surface area (Å²) in [5.41, 5.74) is 4.81. The number of aliphatic hydroxyl groups is 1. The number of carbonyl (C=O) groups excluding carboxylic acids is 1. The van der Waals surface area contributed by atoms with Gasteiger partial charge in [-0.1, -0.05) is 13.0 Å². The van der Waals surface area contributed by atoms with Crippen molar-refractivity contribution in [2.45, 2.75) is 45.8 Å². The number of aromatic nitrogens is 1. The number of rotatable bonds is 3. The molecule has 0 bridgehead atoms. The van der Waals surface area contributed by atoms with Crippen molar-refractivity contribution >= 4 is 43.9 Å². The number of carbonyl (C=O) groups is 1. The van der Waals surface area contributed by atoms with Crippen molar-refractivity contribution in [3.05, 3.63) is 58.5 Å². The molecule has 164 valence electrons. The van der Waals surface area contributed by atoms with Crippen molar-refractivity contribution in [1.82, 2.24) is 10.3 Å². The van der Waals surface area contributed by atoms with Crippen LogP contribution in [0.1, 0.15) is 48.5 Å². The van der Waals surface area contributed by atoms with E-state index in [9.17, 15) is 9.90 Å². The Morgan fingerprint density at radius 1 is 1.19 bits per heavy atom. The Bertz CT molecular complexity index is 1370. The molecule has 1 amide bonds. The third-order valence-corrected chi connectivity index (χ3v) is 7.25. The lowest BCUT2D eigenvalue weighted by atomic mass is 9.92. The Labute approximate surface area is 191 Å². The number of fused-ring (bicyclic) bond motifs is 5. The molecule has 5 nitrogen and oxygen atoms in total. The maximum Gasteiger partial charge on any atom is 0.263 e. The largest absolute Gasteiger partial charge is 0.386 e. The SMILES string of the molecule is CCc1cc(-c2ccc3c(ccc4sc5c(c43)NC[C@@H](C)NC5=O)n2)cc(C(C)(C)O)c1. The fourth-order valence-electron chi connectivity index (χ4n) is 4.28. The molecule has 0 aliphatic carbocycles. The molecule has 0 saturated heterocycles. The van der Waals surface area contributed by atoms with E-state index >= 15 is 0 Å². The van der Waals surface area contributed by atoms with Crippen molar-refractivity contribution in [1.29, 1.82) is 0 Å². The molecule has 6 heteroatoms. The molecule has 0 saturated carbocycles. The summed E-state index contributed by atoms with van der Waals surface area (Å²) in [7, 11) is 0. The van der Waals surface area contributed by atoms with Gasteiger partial charge in [-0.15, -0.1) is 11.3 Å². The average molecular weight is 446 g/mol. The highest BCUT2D eigenvalue weighted by atomic mass is 32.1. The second kappa shape index (κ2) is 7.57. The molecule has 1 atom stereocenters. The molecule has 0 fully saturated rings. The van der Waals surface area contributed by atoms with Crippen molar-refractivity contribution in [3.8, 4) is 11.3 Å². The number of hydrogen-bond acceptors (Lipinski definition) is 5. The number of aryl methyl sites for hydroxylation is 1. The summed E-state index contributed by atoms with van der Waals surface area (Å²) in [5.74, 6) is -0.0213. The first-order chi connectivity index (χ1) is 15.2. The lowest BCUT2D eigenvalue weighted by molar-refractivity contribution is 0.0785. The lowest BCUT2D eigenvalue weighted by Crippen LogP contribution is -2.34. The number of hydrogen-bond donors (Lipinski definition) is 3. The van der Waals surface area contributed by atoms with Crippen LogP contribution in [0.3, 0.4) is 0 Å². The van der Waals surface area contributed by atoms with E-state index in [0.29, 0.717) is 6.54 Å². The zero-order valence-electron chi connectivity index (χ0n) is 18.7. The van der Waals surface area contributed by atoms with Gasteiger partial charge < -0.3 is 15.7 Å². The average Bonchev–Trinajstić information content (AvgIpc) is 3.09. The summed E-state index contributed by atoms with van der Waals surface area (Å²) in [6.07, 6.45) is 0.887. The molecule has 5 rings (SSSR count). The van der Waals surface area contributed by atoms with Crippen LogP contribution in [-0.2, 0) is 12.0 Å². The number of anilines is 1. The highest BCUT2D eigenvalue weighted by Crippen LogP contribution is 2.41. The highest BCUT2D eigenvalue weighted by molar-refractivity contribution is 7.21. The van der Waals surface area contributed by atoms with Crippen LogP contribution in [0.2, 0.25) is 0 Å². The zero-order chi connectivity index (χ0) is 22.6. The third kappa shape index (κ3) is 3.53. The van der Waals surface area contributed by atoms with Crippen LogP contribution >= 0.6 is 11.3 Å². The Balaban J connectivity index is 1.68. The van der Waals surface area contributed by atoms with Crippen LogP contribution in [-0.4, -0.2) is 28.6 Å². The van der Waals surface area contributed by atoms with E-state index < -0.39 is 5.60 Å². The van der Waals surface area contributed by atoms with Gasteiger partial charge in [-0.25, -0.2) is 4.98 Å². The summed E-state index contributed by atoms with van der Waals surface area (Å²) < 4.78 is 1.08. The fourth-order valence-corrected chi connectivity index (χ4v) is 5.38. The van der Waals surface area contributed by atoms with Gasteiger partial charge in [-0.2, -0.15) is 0 Å². The quantitative estimate of drug-likeness (QED) is 0.392. The standard InChI is InChI=1S/C26H27N3O2S/c1-5-15-10-16(12-17(11-15)26(3,4)31)19-7-6-18-20(29-19)8-9-21-22(18)23-24(32-21)25(30)28-14(2)13-27-23/h6-12,14,27,31H,5,13H2,1-4H3,(H,28,30)/t14-/m1/s1. The summed E-state index contributed by atoms with van der Waals surface area (Å²) in [6.45, 7) is 8.42. The Morgan fingerprint density at radius 3 is 2.75 bits per heavy atom. The van der Waals surface area contributed by atoms with E-state index in [1.54, 1.807) is 0 Å². The second-order valence-corrected chi connectivity index (χ2v) is 10.1. The van der Waals surface area contributed by atoms with Gasteiger partial charge in [-0.05, 0) is 74.7 Å². The number of pyridine rings is 1. The minimum atomic E-state index is -0.916. The molecule has 2 aromatic heterocycles. The normalized spacial score (nSPS) is 16.5. The maximum atomic E-state index is 12.7. The molecule has 0 spiro atoms. The molecule has 1 aliphatic heterocycles. The van der Waals surface area contributed by atoms with Crippen molar-refractivity contribution in [2.75, 3.05) is 11.9 Å². The Kier molecular flexibility index (Phi) is 4.95. The predicted octanol–water partition coefficient (Wildman–Crippen LogP) is 5.45. The zero-order valence-corrected chi connectivity index (χ0v) is 19.6. The van der Waals surface area contributed by atoms with Crippen LogP contribution in [0.4, 0.5) is 5.69 Å². The Hall–Kier alpha value is -2.96. The summed E-state index contributed by atoms with van der Waals surface area (Å²) in [4.78, 5) is 18.4. The van der Waals surface area contributed by atoms with Gasteiger partial charge in [0, 0.05) is 33.6 Å². The van der Waals surface area contributed by atoms with Crippen molar-refractivity contribution in [2.24, 2.45) is 0 Å². The van der Waals surface area contributed by atoms with E-state index in [1.165, 1.54) is 16.9 Å². The van der Waals surface area contributed by atoms with Gasteiger partial charge >= 0.3 is 0 Å². The number of benzene rings is 2. The van der Waals surface area contributed by atoms with Gasteiger partial charge in [0.25, 0.3) is 5.91 Å². The third-order valence-electron chi connectivity index (χ3n) is 6.09. The smallest absolute Gasteiger partial charge is 0.263 e. The van der Waals surface area contributed by atoms with E-state index in [0.717, 1.165) is 54.8 Å². The molecule has 2 aromatic carbocycles. The minimum Gasteiger partial charge on any atom is -0.386 e. The highest BCUT2D eigenvalue weighted by Gasteiger charge is 2.25. The fraction of sp³-hybridized carbons (Fsp3) is 0.308. The molecule has 3 heterocycles. The number of nitrogens with one attached hydrogen (secondary N) is 2. The summed E-state index contributed by atoms with van der Waals surface area (Å²) in [5, 5.41) is 19.2. The van der Waals surface area contributed by atoms with Crippen molar-refractivity contribution < 1.29 is 9.90 Å². The Morgan fingerprint density at radius 2 is 2.00 bits per heavy atom. The topological polar surface area (TPSA) is 74.2 Å². The summed E-state index contributed by atoms with van der Waals surface area (Å²) in [6, 6.07) is 14.5. The molecular weight excluding hydrogens is 418 g/mol. The van der Waals surface area contributed by atoms with Crippen molar-refractivity contribution in [3.63, 3.8) is 0 Å². The lowest BCUT2D eigenvalue weighted by Gasteiger charge is -2.20.